The first kappa shape index (κ1) is 20.4. The molecule has 0 fully saturated rings. The molecule has 2 heteroatoms. The Morgan fingerprint density at radius 3 is 1.84 bits per heavy atom. The molecule has 1 aromatic heterocycles. The summed E-state index contributed by atoms with van der Waals surface area (Å²) in [5.41, 5.74) is 8.31. The number of hydrogen-bond donors (Lipinski definition) is 0. The molecule has 5 aromatic rings. The molecule has 0 amide bonds. The van der Waals surface area contributed by atoms with E-state index in [1.807, 2.05) is 0 Å². The van der Waals surface area contributed by atoms with Gasteiger partial charge >= 0.3 is 0 Å². The topological polar surface area (TPSA) is 12.9 Å². The summed E-state index contributed by atoms with van der Waals surface area (Å²) in [7, 11) is -1.57. The minimum atomic E-state index is -1.57. The summed E-state index contributed by atoms with van der Waals surface area (Å²) >= 11 is 0. The third-order valence-electron chi connectivity index (χ3n) is 5.99. The van der Waals surface area contributed by atoms with E-state index in [0.717, 1.165) is 16.8 Å². The van der Waals surface area contributed by atoms with Crippen molar-refractivity contribution in [2.75, 3.05) is 0 Å². The Labute approximate surface area is 191 Å². The number of benzene rings is 4. The molecule has 1 heterocycles. The van der Waals surface area contributed by atoms with Gasteiger partial charge in [-0.1, -0.05) is 110 Å². The highest BCUT2D eigenvalue weighted by atomic mass is 28.3. The van der Waals surface area contributed by atoms with Gasteiger partial charge in [-0.25, -0.2) is 4.98 Å². The Morgan fingerprint density at radius 1 is 0.531 bits per heavy atom. The van der Waals surface area contributed by atoms with E-state index in [1.165, 1.54) is 32.8 Å². The van der Waals surface area contributed by atoms with Gasteiger partial charge in [0.25, 0.3) is 0 Å². The zero-order valence-electron chi connectivity index (χ0n) is 18.8. The minimum absolute atomic E-state index is 1.02. The van der Waals surface area contributed by atoms with Gasteiger partial charge in [0, 0.05) is 10.9 Å². The van der Waals surface area contributed by atoms with Crippen molar-refractivity contribution in [3.63, 3.8) is 0 Å². The van der Waals surface area contributed by atoms with Gasteiger partial charge in [0.05, 0.1) is 19.3 Å². The van der Waals surface area contributed by atoms with Crippen LogP contribution in [0.1, 0.15) is 0 Å². The van der Waals surface area contributed by atoms with E-state index in [9.17, 15) is 0 Å². The van der Waals surface area contributed by atoms with E-state index < -0.39 is 8.07 Å². The molecule has 0 aliphatic carbocycles. The fraction of sp³-hybridized carbons (Fsp3) is 0.100. The first-order valence-electron chi connectivity index (χ1n) is 11.2. The summed E-state index contributed by atoms with van der Waals surface area (Å²) in [6.45, 7) is 7.23. The van der Waals surface area contributed by atoms with Crippen LogP contribution in [0.2, 0.25) is 19.6 Å². The lowest BCUT2D eigenvalue weighted by molar-refractivity contribution is 1.40. The predicted octanol–water partition coefficient (Wildman–Crippen LogP) is 7.78. The second-order valence-electron chi connectivity index (χ2n) is 9.35. The number of hydrogen-bond acceptors (Lipinski definition) is 1. The van der Waals surface area contributed by atoms with Crippen LogP contribution < -0.4 is 5.19 Å². The second kappa shape index (κ2) is 8.21. The number of rotatable bonds is 4. The van der Waals surface area contributed by atoms with Crippen molar-refractivity contribution in [3.05, 3.63) is 109 Å². The van der Waals surface area contributed by atoms with Crippen molar-refractivity contribution in [3.8, 4) is 33.5 Å². The lowest BCUT2D eigenvalue weighted by Gasteiger charge is -2.22. The van der Waals surface area contributed by atoms with Gasteiger partial charge < -0.3 is 0 Å². The smallest absolute Gasteiger partial charge is 0.0785 e. The van der Waals surface area contributed by atoms with Gasteiger partial charge in [0.1, 0.15) is 0 Å². The van der Waals surface area contributed by atoms with E-state index >= 15 is 0 Å². The van der Waals surface area contributed by atoms with Gasteiger partial charge in [-0.15, -0.1) is 0 Å². The van der Waals surface area contributed by atoms with Crippen molar-refractivity contribution in [1.29, 1.82) is 0 Å². The average Bonchev–Trinajstić information content (AvgIpc) is 2.83. The van der Waals surface area contributed by atoms with Gasteiger partial charge in [-0.2, -0.15) is 0 Å². The van der Waals surface area contributed by atoms with E-state index in [0.29, 0.717) is 0 Å². The molecular weight excluding hydrogens is 402 g/mol. The molecule has 0 spiro atoms. The molecule has 0 unspecified atom stereocenters. The summed E-state index contributed by atoms with van der Waals surface area (Å²) in [4.78, 5) is 5.11. The summed E-state index contributed by atoms with van der Waals surface area (Å²) in [5, 5.41) is 2.65. The third kappa shape index (κ3) is 4.02. The van der Waals surface area contributed by atoms with Gasteiger partial charge in [0.2, 0.25) is 0 Å². The molecule has 0 N–H and O–H groups in total. The third-order valence-corrected chi connectivity index (χ3v) is 8.02. The Bertz CT molecular complexity index is 1380. The van der Waals surface area contributed by atoms with E-state index in [4.69, 9.17) is 4.98 Å². The predicted molar refractivity (Wildman–Crippen MR) is 141 cm³/mol. The van der Waals surface area contributed by atoms with Crippen LogP contribution >= 0.6 is 0 Å². The van der Waals surface area contributed by atoms with Gasteiger partial charge in [-0.3, -0.25) is 0 Å². The van der Waals surface area contributed by atoms with Gasteiger partial charge in [0.15, 0.2) is 0 Å². The van der Waals surface area contributed by atoms with Gasteiger partial charge in [-0.05, 0) is 46.5 Å². The molecule has 156 valence electrons. The highest BCUT2D eigenvalue weighted by Crippen LogP contribution is 2.29. The number of nitrogens with zero attached hydrogens (tertiary/aromatic N) is 1. The van der Waals surface area contributed by atoms with Crippen molar-refractivity contribution in [2.24, 2.45) is 0 Å². The fourth-order valence-corrected chi connectivity index (χ4v) is 5.89. The van der Waals surface area contributed by atoms with Crippen LogP contribution in [-0.2, 0) is 0 Å². The SMILES string of the molecule is C[Si](C)(C)c1cc2nc(-c3cccc(-c4ccccc4)c3)ccc2cc1-c1ccccc1. The zero-order chi connectivity index (χ0) is 22.1. The molecule has 1 nitrogen and oxygen atoms in total. The van der Waals surface area contributed by atoms with E-state index in [-0.39, 0.29) is 0 Å². The first-order valence-corrected chi connectivity index (χ1v) is 14.7. The normalized spacial score (nSPS) is 11.6. The summed E-state index contributed by atoms with van der Waals surface area (Å²) in [6, 6.07) is 39.0. The second-order valence-corrected chi connectivity index (χ2v) is 14.4. The van der Waals surface area contributed by atoms with Crippen LogP contribution in [0, 0.1) is 0 Å². The largest absolute Gasteiger partial charge is 0.248 e. The maximum atomic E-state index is 5.11. The molecular formula is C30H27NSi. The molecule has 0 atom stereocenters. The Kier molecular flexibility index (Phi) is 5.24. The summed E-state index contributed by atoms with van der Waals surface area (Å²) in [5.74, 6) is 0. The standard InChI is InChI=1S/C30H27NSi/c1-32(2,3)30-21-29-26(20-27(30)23-13-8-5-9-14-23)17-18-28(31-29)25-16-10-15-24(19-25)22-11-6-4-7-12-22/h4-21H,1-3H3. The fourth-order valence-electron chi connectivity index (χ4n) is 4.30. The minimum Gasteiger partial charge on any atom is -0.248 e. The quantitative estimate of drug-likeness (QED) is 0.266. The number of pyridine rings is 1. The van der Waals surface area contributed by atoms with Crippen molar-refractivity contribution < 1.29 is 0 Å². The van der Waals surface area contributed by atoms with Crippen molar-refractivity contribution >= 4 is 24.2 Å². The van der Waals surface area contributed by atoms with E-state index in [1.54, 1.807) is 0 Å². The molecule has 0 aliphatic rings. The van der Waals surface area contributed by atoms with Crippen LogP contribution in [0.15, 0.2) is 109 Å². The van der Waals surface area contributed by atoms with Crippen LogP contribution in [-0.4, -0.2) is 13.1 Å². The monoisotopic (exact) mass is 429 g/mol. The zero-order valence-corrected chi connectivity index (χ0v) is 19.8. The highest BCUT2D eigenvalue weighted by Gasteiger charge is 2.22. The molecule has 0 saturated carbocycles. The number of aromatic nitrogens is 1. The Balaban J connectivity index is 1.64. The highest BCUT2D eigenvalue weighted by molar-refractivity contribution is 6.89. The molecule has 5 rings (SSSR count). The first-order chi connectivity index (χ1) is 15.5. The van der Waals surface area contributed by atoms with Crippen LogP contribution in [0.5, 0.6) is 0 Å². The number of fused-ring (bicyclic) bond motifs is 1. The van der Waals surface area contributed by atoms with Crippen LogP contribution in [0.25, 0.3) is 44.4 Å². The lowest BCUT2D eigenvalue weighted by Crippen LogP contribution is -2.39. The maximum Gasteiger partial charge on any atom is 0.0785 e. The maximum absolute atomic E-state index is 5.11. The van der Waals surface area contributed by atoms with Crippen LogP contribution in [0.3, 0.4) is 0 Å². The molecule has 0 radical (unpaired) electrons. The Morgan fingerprint density at radius 2 is 1.16 bits per heavy atom. The average molecular weight is 430 g/mol. The molecule has 32 heavy (non-hydrogen) atoms. The van der Waals surface area contributed by atoms with Crippen LogP contribution in [0.4, 0.5) is 0 Å². The van der Waals surface area contributed by atoms with Crippen molar-refractivity contribution in [1.82, 2.24) is 4.98 Å². The molecule has 4 aromatic carbocycles. The molecule has 0 bridgehead atoms. The lowest BCUT2D eigenvalue weighted by atomic mass is 10.00. The molecule has 0 saturated heterocycles. The van der Waals surface area contributed by atoms with Crippen molar-refractivity contribution in [2.45, 2.75) is 19.6 Å². The Hall–Kier alpha value is -3.49. The summed E-state index contributed by atoms with van der Waals surface area (Å²) < 4.78 is 0. The molecule has 0 aliphatic heterocycles. The summed E-state index contributed by atoms with van der Waals surface area (Å²) in [6.07, 6.45) is 0. The van der Waals surface area contributed by atoms with E-state index in [2.05, 4.69) is 129 Å².